The molecule has 144 valence electrons. The van der Waals surface area contributed by atoms with Crippen molar-refractivity contribution in [2.75, 3.05) is 6.61 Å². The number of nitrogens with zero attached hydrogens (tertiary/aromatic N) is 2. The zero-order chi connectivity index (χ0) is 19.9. The smallest absolute Gasteiger partial charge is 0.296 e. The highest BCUT2D eigenvalue weighted by Crippen LogP contribution is 2.37. The van der Waals surface area contributed by atoms with Gasteiger partial charge in [0.1, 0.15) is 0 Å². The molecular weight excluding hydrogens is 352 g/mol. The van der Waals surface area contributed by atoms with Crippen LogP contribution in [-0.4, -0.2) is 16.5 Å². The summed E-state index contributed by atoms with van der Waals surface area (Å²) in [4.78, 5) is 16.0. The van der Waals surface area contributed by atoms with Crippen LogP contribution in [0.1, 0.15) is 26.7 Å². The predicted molar refractivity (Wildman–Crippen MR) is 111 cm³/mol. The lowest BCUT2D eigenvalue weighted by molar-refractivity contribution is -0.384. The summed E-state index contributed by atoms with van der Waals surface area (Å²) in [6.45, 7) is 4.87. The van der Waals surface area contributed by atoms with Crippen LogP contribution in [0, 0.1) is 16.0 Å². The van der Waals surface area contributed by atoms with E-state index in [1.807, 2.05) is 60.7 Å². The summed E-state index contributed by atoms with van der Waals surface area (Å²) in [5.74, 6) is 1.03. The Balaban J connectivity index is 2.07. The third-order valence-corrected chi connectivity index (χ3v) is 4.46. The first kappa shape index (κ1) is 19.5. The molecule has 28 heavy (non-hydrogen) atoms. The lowest BCUT2D eigenvalue weighted by Crippen LogP contribution is -2.05. The van der Waals surface area contributed by atoms with Crippen LogP contribution >= 0.6 is 0 Å². The Morgan fingerprint density at radius 3 is 2.18 bits per heavy atom. The number of ether oxygens (including phenoxy) is 1. The van der Waals surface area contributed by atoms with Crippen molar-refractivity contribution in [2.45, 2.75) is 26.7 Å². The first-order valence-corrected chi connectivity index (χ1v) is 9.49. The molecule has 5 nitrogen and oxygen atoms in total. The van der Waals surface area contributed by atoms with Crippen molar-refractivity contribution in [1.82, 2.24) is 4.98 Å². The van der Waals surface area contributed by atoms with Gasteiger partial charge in [0.05, 0.1) is 17.1 Å². The SMILES string of the molecule is CC(C)CCCOc1nc(-c2ccccc2)c([N+](=O)[O-])cc1-c1ccccc1. The quantitative estimate of drug-likeness (QED) is 0.269. The fourth-order valence-electron chi connectivity index (χ4n) is 3.03. The molecule has 0 aliphatic heterocycles. The van der Waals surface area contributed by atoms with Gasteiger partial charge in [-0.25, -0.2) is 4.98 Å². The molecule has 3 rings (SSSR count). The highest BCUT2D eigenvalue weighted by atomic mass is 16.6. The maximum Gasteiger partial charge on any atom is 0.296 e. The van der Waals surface area contributed by atoms with Crippen molar-refractivity contribution in [3.63, 3.8) is 0 Å². The maximum atomic E-state index is 11.7. The van der Waals surface area contributed by atoms with Gasteiger partial charge in [0.25, 0.3) is 5.69 Å². The minimum Gasteiger partial charge on any atom is -0.477 e. The molecule has 1 heterocycles. The number of aromatic nitrogens is 1. The van der Waals surface area contributed by atoms with Gasteiger partial charge in [-0.3, -0.25) is 10.1 Å². The molecule has 0 unspecified atom stereocenters. The van der Waals surface area contributed by atoms with E-state index in [9.17, 15) is 10.1 Å². The molecule has 5 heteroatoms. The highest BCUT2D eigenvalue weighted by Gasteiger charge is 2.23. The Morgan fingerprint density at radius 2 is 1.61 bits per heavy atom. The fourth-order valence-corrected chi connectivity index (χ4v) is 3.03. The van der Waals surface area contributed by atoms with Gasteiger partial charge in [-0.15, -0.1) is 0 Å². The van der Waals surface area contributed by atoms with Crippen LogP contribution in [0.2, 0.25) is 0 Å². The molecular formula is C23H24N2O3. The predicted octanol–water partition coefficient (Wildman–Crippen LogP) is 6.14. The second-order valence-corrected chi connectivity index (χ2v) is 7.08. The molecule has 1 aromatic heterocycles. The molecule has 0 aliphatic carbocycles. The van der Waals surface area contributed by atoms with Crippen LogP contribution in [0.25, 0.3) is 22.4 Å². The minimum absolute atomic E-state index is 0.0282. The third kappa shape index (κ3) is 4.74. The van der Waals surface area contributed by atoms with Gasteiger partial charge >= 0.3 is 0 Å². The molecule has 3 aromatic rings. The van der Waals surface area contributed by atoms with E-state index in [0.717, 1.165) is 18.4 Å². The van der Waals surface area contributed by atoms with E-state index >= 15 is 0 Å². The summed E-state index contributed by atoms with van der Waals surface area (Å²) < 4.78 is 6.01. The monoisotopic (exact) mass is 376 g/mol. The van der Waals surface area contributed by atoms with Crippen molar-refractivity contribution < 1.29 is 9.66 Å². The highest BCUT2D eigenvalue weighted by molar-refractivity contribution is 5.78. The van der Waals surface area contributed by atoms with Gasteiger partial charge in [-0.05, 0) is 24.3 Å². The summed E-state index contributed by atoms with van der Waals surface area (Å²) in [6, 6.07) is 20.3. The van der Waals surface area contributed by atoms with Gasteiger partial charge in [-0.1, -0.05) is 74.5 Å². The molecule has 0 spiro atoms. The Kier molecular flexibility index (Phi) is 6.37. The standard InChI is InChI=1S/C23H24N2O3/c1-17(2)10-9-15-28-23-20(18-11-5-3-6-12-18)16-21(25(26)27)22(24-23)19-13-7-4-8-14-19/h3-8,11-14,16-17H,9-10,15H2,1-2H3. The molecule has 0 aliphatic rings. The summed E-state index contributed by atoms with van der Waals surface area (Å²) in [7, 11) is 0. The van der Waals surface area contributed by atoms with E-state index in [0.29, 0.717) is 35.2 Å². The van der Waals surface area contributed by atoms with Gasteiger partial charge in [0, 0.05) is 11.6 Å². The molecule has 2 aromatic carbocycles. The van der Waals surface area contributed by atoms with Crippen molar-refractivity contribution in [3.05, 3.63) is 76.8 Å². The summed E-state index contributed by atoms with van der Waals surface area (Å²) in [5.41, 5.74) is 2.47. The Morgan fingerprint density at radius 1 is 1.00 bits per heavy atom. The summed E-state index contributed by atoms with van der Waals surface area (Å²) >= 11 is 0. The van der Waals surface area contributed by atoms with Crippen LogP contribution in [0.4, 0.5) is 5.69 Å². The normalized spacial score (nSPS) is 10.8. The first-order chi connectivity index (χ1) is 13.6. The van der Waals surface area contributed by atoms with Crippen molar-refractivity contribution in [3.8, 4) is 28.3 Å². The van der Waals surface area contributed by atoms with Crippen LogP contribution in [0.5, 0.6) is 5.88 Å². The van der Waals surface area contributed by atoms with Gasteiger partial charge < -0.3 is 4.74 Å². The Labute approximate surface area is 165 Å². The second-order valence-electron chi connectivity index (χ2n) is 7.08. The van der Waals surface area contributed by atoms with Gasteiger partial charge in [-0.2, -0.15) is 0 Å². The zero-order valence-corrected chi connectivity index (χ0v) is 16.2. The first-order valence-electron chi connectivity index (χ1n) is 9.49. The largest absolute Gasteiger partial charge is 0.477 e. The molecule has 0 saturated heterocycles. The van der Waals surface area contributed by atoms with Gasteiger partial charge in [0.15, 0.2) is 5.69 Å². The second kappa shape index (κ2) is 9.13. The van der Waals surface area contributed by atoms with Crippen LogP contribution < -0.4 is 4.74 Å². The number of rotatable bonds is 8. The number of nitro groups is 1. The topological polar surface area (TPSA) is 65.3 Å². The third-order valence-electron chi connectivity index (χ3n) is 4.46. The average Bonchev–Trinajstić information content (AvgIpc) is 2.71. The number of hydrogen-bond acceptors (Lipinski definition) is 4. The van der Waals surface area contributed by atoms with Crippen LogP contribution in [0.3, 0.4) is 0 Å². The van der Waals surface area contributed by atoms with Crippen LogP contribution in [0.15, 0.2) is 66.7 Å². The number of benzene rings is 2. The van der Waals surface area contributed by atoms with E-state index < -0.39 is 0 Å². The van der Waals surface area contributed by atoms with E-state index in [2.05, 4.69) is 18.8 Å². The Bertz CT molecular complexity index is 925. The molecule has 0 N–H and O–H groups in total. The minimum atomic E-state index is -0.385. The molecule has 0 radical (unpaired) electrons. The van der Waals surface area contributed by atoms with Crippen molar-refractivity contribution >= 4 is 5.69 Å². The molecule has 0 atom stereocenters. The van der Waals surface area contributed by atoms with E-state index in [-0.39, 0.29) is 10.6 Å². The fraction of sp³-hybridized carbons (Fsp3) is 0.261. The maximum absolute atomic E-state index is 11.7. The van der Waals surface area contributed by atoms with Crippen LogP contribution in [-0.2, 0) is 0 Å². The molecule has 0 fully saturated rings. The van der Waals surface area contributed by atoms with E-state index in [4.69, 9.17) is 4.74 Å². The molecule has 0 bridgehead atoms. The summed E-state index contributed by atoms with van der Waals surface area (Å²) in [6.07, 6.45) is 1.96. The lowest BCUT2D eigenvalue weighted by Gasteiger charge is -2.14. The summed E-state index contributed by atoms with van der Waals surface area (Å²) in [5, 5.41) is 11.7. The van der Waals surface area contributed by atoms with E-state index in [1.165, 1.54) is 0 Å². The number of pyridine rings is 1. The molecule has 0 amide bonds. The molecule has 0 saturated carbocycles. The van der Waals surface area contributed by atoms with E-state index in [1.54, 1.807) is 6.07 Å². The number of hydrogen-bond donors (Lipinski definition) is 0. The van der Waals surface area contributed by atoms with Gasteiger partial charge in [0.2, 0.25) is 5.88 Å². The Hall–Kier alpha value is -3.21. The van der Waals surface area contributed by atoms with Crippen molar-refractivity contribution in [1.29, 1.82) is 0 Å². The average molecular weight is 376 g/mol. The lowest BCUT2D eigenvalue weighted by atomic mass is 10.0. The van der Waals surface area contributed by atoms with Crippen molar-refractivity contribution in [2.24, 2.45) is 5.92 Å². The zero-order valence-electron chi connectivity index (χ0n) is 16.2.